The molecule has 0 aliphatic carbocycles. The Labute approximate surface area is 147 Å². The van der Waals surface area contributed by atoms with Gasteiger partial charge in [0.2, 0.25) is 0 Å². The first-order chi connectivity index (χ1) is 12.4. The Morgan fingerprint density at radius 1 is 1.42 bits per heavy atom. The zero-order valence-electron chi connectivity index (χ0n) is 13.5. The summed E-state index contributed by atoms with van der Waals surface area (Å²) in [4.78, 5) is 19.0. The molecule has 5 atom stereocenters. The first-order valence-corrected chi connectivity index (χ1v) is 8.70. The number of anilines is 1. The minimum Gasteiger partial charge on any atom is -0.566 e. The van der Waals surface area contributed by atoms with Crippen molar-refractivity contribution >= 4 is 30.9 Å². The Bertz CT molecular complexity index is 918. The van der Waals surface area contributed by atoms with Crippen LogP contribution in [-0.4, -0.2) is 62.6 Å². The van der Waals surface area contributed by atoms with Crippen molar-refractivity contribution in [2.24, 2.45) is 10.8 Å². The Hall–Kier alpha value is -2.21. The van der Waals surface area contributed by atoms with Gasteiger partial charge >= 0.3 is 8.25 Å². The largest absolute Gasteiger partial charge is 0.566 e. The first kappa shape index (κ1) is 17.2. The molecule has 4 rings (SSSR count). The Balaban J connectivity index is 1.74. The summed E-state index contributed by atoms with van der Waals surface area (Å²) in [5.41, 5.74) is 6.98. The van der Waals surface area contributed by atoms with Gasteiger partial charge in [0.05, 0.1) is 5.39 Å². The van der Waals surface area contributed by atoms with Crippen molar-refractivity contribution in [2.45, 2.75) is 24.5 Å². The monoisotopic (exact) mass is 382 g/mol. The van der Waals surface area contributed by atoms with Crippen LogP contribution in [0.3, 0.4) is 0 Å². The second-order valence-electron chi connectivity index (χ2n) is 5.92. The van der Waals surface area contributed by atoms with E-state index < -0.39 is 39.4 Å². The molecule has 2 aromatic rings. The normalized spacial score (nSPS) is 28.5. The summed E-state index contributed by atoms with van der Waals surface area (Å²) in [6.45, 7) is -0.411. The molecule has 26 heavy (non-hydrogen) atoms. The van der Waals surface area contributed by atoms with Gasteiger partial charge in [0, 0.05) is 18.8 Å². The maximum Gasteiger partial charge on any atom is 0.488 e. The number of ether oxygens (including phenoxy) is 1. The molecule has 0 bridgehead atoms. The van der Waals surface area contributed by atoms with Gasteiger partial charge in [-0.05, 0) is 4.57 Å². The Morgan fingerprint density at radius 3 is 2.92 bits per heavy atom. The quantitative estimate of drug-likeness (QED) is 0.510. The molecule has 1 fully saturated rings. The lowest BCUT2D eigenvalue weighted by Gasteiger charge is -2.19. The number of amidine groups is 1. The minimum absolute atomic E-state index is 0.245. The maximum atomic E-state index is 10.6. The molecule has 0 saturated carbocycles. The van der Waals surface area contributed by atoms with E-state index in [9.17, 15) is 19.7 Å². The fraction of sp³-hybridized carbons (Fsp3) is 0.462. The lowest BCUT2D eigenvalue weighted by Crippen LogP contribution is -2.33. The van der Waals surface area contributed by atoms with E-state index in [0.717, 1.165) is 0 Å². The molecule has 12 nitrogen and oxygen atoms in total. The molecule has 138 valence electrons. The standard InChI is InChI=1S/C13H15N6O6P/c1-18-11-7-5(10(14)17-18)2-19(12(7)16-4-15-11)13-9(21)8(20)6(25-13)3-24-26(22)23/h2,4,6,8-9,13,20-21H,3H2,1H3,(H2,14,17)/t6-,8-,9-,13-/m1/s1. The predicted octanol–water partition coefficient (Wildman–Crippen LogP) is -1.85. The highest BCUT2D eigenvalue weighted by atomic mass is 31.1. The van der Waals surface area contributed by atoms with Crippen LogP contribution in [0.2, 0.25) is 0 Å². The fourth-order valence-corrected chi connectivity index (χ4v) is 3.46. The summed E-state index contributed by atoms with van der Waals surface area (Å²) in [7, 11) is -1.40. The van der Waals surface area contributed by atoms with E-state index in [2.05, 4.69) is 19.6 Å². The predicted molar refractivity (Wildman–Crippen MR) is 86.1 cm³/mol. The highest BCUT2D eigenvalue weighted by Gasteiger charge is 2.45. The molecule has 0 aromatic carbocycles. The molecular formula is C13H15N6O6P. The van der Waals surface area contributed by atoms with Gasteiger partial charge in [-0.1, -0.05) is 0 Å². The second kappa shape index (κ2) is 6.20. The van der Waals surface area contributed by atoms with E-state index in [1.54, 1.807) is 13.2 Å². The van der Waals surface area contributed by atoms with E-state index in [-0.39, 0.29) is 5.84 Å². The third kappa shape index (κ3) is 2.55. The summed E-state index contributed by atoms with van der Waals surface area (Å²) in [5, 5.41) is 26.8. The van der Waals surface area contributed by atoms with Crippen molar-refractivity contribution in [1.82, 2.24) is 14.5 Å². The number of hydrogen-bond acceptors (Lipinski definition) is 11. The van der Waals surface area contributed by atoms with Crippen molar-refractivity contribution in [1.29, 1.82) is 0 Å². The molecule has 0 amide bonds. The second-order valence-corrected chi connectivity index (χ2v) is 6.63. The van der Waals surface area contributed by atoms with Crippen LogP contribution >= 0.6 is 8.25 Å². The summed E-state index contributed by atoms with van der Waals surface area (Å²) >= 11 is 0. The fourth-order valence-electron chi connectivity index (χ4n) is 3.20. The van der Waals surface area contributed by atoms with Crippen LogP contribution in [0.4, 0.5) is 5.82 Å². The molecule has 0 radical (unpaired) electrons. The highest BCUT2D eigenvalue weighted by Crippen LogP contribution is 2.37. The van der Waals surface area contributed by atoms with Crippen molar-refractivity contribution in [3.63, 3.8) is 0 Å². The van der Waals surface area contributed by atoms with Crippen molar-refractivity contribution in [3.05, 3.63) is 18.1 Å². The highest BCUT2D eigenvalue weighted by molar-refractivity contribution is 7.30. The zero-order chi connectivity index (χ0) is 18.6. The summed E-state index contributed by atoms with van der Waals surface area (Å²) in [6, 6.07) is 0. The van der Waals surface area contributed by atoms with Crippen LogP contribution in [0.15, 0.2) is 17.6 Å². The topological polar surface area (TPSA) is 171 Å². The van der Waals surface area contributed by atoms with E-state index >= 15 is 0 Å². The van der Waals surface area contributed by atoms with Gasteiger partial charge in [-0.2, -0.15) is 5.10 Å². The van der Waals surface area contributed by atoms with Gasteiger partial charge in [0.1, 0.15) is 36.9 Å². The molecule has 13 heteroatoms. The van der Waals surface area contributed by atoms with E-state index in [4.69, 9.17) is 10.5 Å². The van der Waals surface area contributed by atoms with Crippen molar-refractivity contribution < 1.29 is 28.9 Å². The van der Waals surface area contributed by atoms with Crippen LogP contribution < -0.4 is 15.6 Å². The van der Waals surface area contributed by atoms with Gasteiger partial charge in [-0.15, -0.1) is 4.52 Å². The average molecular weight is 382 g/mol. The average Bonchev–Trinajstić information content (AvgIpc) is 3.11. The molecule has 1 unspecified atom stereocenters. The van der Waals surface area contributed by atoms with Crippen LogP contribution in [0.25, 0.3) is 11.0 Å². The zero-order valence-corrected chi connectivity index (χ0v) is 14.4. The van der Waals surface area contributed by atoms with Gasteiger partial charge in [0.25, 0.3) is 0 Å². The third-order valence-electron chi connectivity index (χ3n) is 4.39. The number of nitrogens with zero attached hydrogens (tertiary/aromatic N) is 5. The molecular weight excluding hydrogens is 367 g/mol. The number of hydrazone groups is 1. The number of hydrogen-bond donors (Lipinski definition) is 3. The first-order valence-electron chi connectivity index (χ1n) is 7.61. The van der Waals surface area contributed by atoms with Gasteiger partial charge in [-0.25, -0.2) is 15.0 Å². The molecule has 1 saturated heterocycles. The third-order valence-corrected chi connectivity index (χ3v) is 4.75. The van der Waals surface area contributed by atoms with Crippen LogP contribution in [0.5, 0.6) is 0 Å². The lowest BCUT2D eigenvalue weighted by molar-refractivity contribution is -0.188. The molecule has 0 spiro atoms. The van der Waals surface area contributed by atoms with E-state index in [0.29, 0.717) is 22.4 Å². The smallest absolute Gasteiger partial charge is 0.488 e. The molecule has 2 aliphatic heterocycles. The molecule has 2 aromatic heterocycles. The maximum absolute atomic E-state index is 10.6. The molecule has 2 aliphatic rings. The summed E-state index contributed by atoms with van der Waals surface area (Å²) in [5.74, 6) is 0.782. The number of aromatic nitrogens is 3. The Morgan fingerprint density at radius 2 is 2.19 bits per heavy atom. The van der Waals surface area contributed by atoms with Crippen LogP contribution in [-0.2, 0) is 13.8 Å². The van der Waals surface area contributed by atoms with E-state index in [1.807, 2.05) is 0 Å². The van der Waals surface area contributed by atoms with Crippen molar-refractivity contribution in [3.8, 4) is 0 Å². The van der Waals surface area contributed by atoms with Gasteiger partial charge < -0.3 is 30.1 Å². The number of aliphatic hydroxyl groups excluding tert-OH is 2. The summed E-state index contributed by atoms with van der Waals surface area (Å²) in [6.07, 6.45) is -1.76. The summed E-state index contributed by atoms with van der Waals surface area (Å²) < 4.78 is 22.2. The van der Waals surface area contributed by atoms with Gasteiger partial charge in [-0.3, -0.25) is 0 Å². The number of aliphatic hydroxyl groups is 2. The number of nitrogens with two attached hydrogens (primary N) is 1. The Kier molecular flexibility index (Phi) is 4.10. The van der Waals surface area contributed by atoms with Crippen LogP contribution in [0.1, 0.15) is 11.8 Å². The molecule has 4 heterocycles. The molecule has 4 N–H and O–H groups in total. The minimum atomic E-state index is -3.09. The number of rotatable bonds is 4. The van der Waals surface area contributed by atoms with Crippen molar-refractivity contribution in [2.75, 3.05) is 18.7 Å². The van der Waals surface area contributed by atoms with Crippen LogP contribution in [0, 0.1) is 0 Å². The van der Waals surface area contributed by atoms with E-state index in [1.165, 1.54) is 15.9 Å². The SMILES string of the molecule is CN1N=C(N)c2cn([C@@H]3O[C@H](CO[P+](=O)[O-])[C@@H](O)[C@H]3O)c3ncnc1c23. The lowest BCUT2D eigenvalue weighted by atomic mass is 10.1. The van der Waals surface area contributed by atoms with Gasteiger partial charge in [0.15, 0.2) is 17.9 Å².